The third-order valence-corrected chi connectivity index (χ3v) is 8.66. The highest BCUT2D eigenvalue weighted by atomic mass is 16.7. The molecule has 20 heteroatoms. The van der Waals surface area contributed by atoms with Gasteiger partial charge in [0.25, 0.3) is 11.8 Å². The van der Waals surface area contributed by atoms with Gasteiger partial charge in [-0.25, -0.2) is 14.4 Å². The number of hydroxylamine groups is 2. The van der Waals surface area contributed by atoms with E-state index in [1.165, 1.54) is 0 Å². The van der Waals surface area contributed by atoms with E-state index in [0.717, 1.165) is 17.5 Å². The maximum absolute atomic E-state index is 12.4. The second kappa shape index (κ2) is 32.1. The number of alkyl carbamates (subject to hydrolysis) is 2. The molecule has 7 amide bonds. The Hall–Kier alpha value is -6.70. The van der Waals surface area contributed by atoms with Crippen molar-refractivity contribution in [3.63, 3.8) is 0 Å². The number of nitrogens with one attached hydrogen (secondary N) is 3. The molecule has 0 radical (unpaired) electrons. The van der Waals surface area contributed by atoms with Gasteiger partial charge < -0.3 is 47.5 Å². The van der Waals surface area contributed by atoms with Gasteiger partial charge in [0.05, 0.1) is 12.1 Å². The van der Waals surface area contributed by atoms with E-state index in [1.54, 1.807) is 6.92 Å². The number of hydrogen-bond acceptors (Lipinski definition) is 14. The van der Waals surface area contributed by atoms with Crippen molar-refractivity contribution in [3.05, 3.63) is 71.8 Å². The van der Waals surface area contributed by atoms with Crippen molar-refractivity contribution in [3.8, 4) is 0 Å². The molecule has 0 bridgehead atoms. The summed E-state index contributed by atoms with van der Waals surface area (Å²) < 4.78 is 10.2. The number of ketones is 2. The number of ether oxygens (including phenoxy) is 2. The zero-order valence-corrected chi connectivity index (χ0v) is 35.9. The average Bonchev–Trinajstić information content (AvgIpc) is 3.58. The monoisotopic (exact) mass is 883 g/mol. The Labute approximate surface area is 366 Å². The first-order valence-corrected chi connectivity index (χ1v) is 20.7. The van der Waals surface area contributed by atoms with E-state index in [4.69, 9.17) is 26.7 Å². The van der Waals surface area contributed by atoms with Crippen molar-refractivity contribution >= 4 is 59.3 Å². The minimum atomic E-state index is -0.859. The molecule has 2 aromatic carbocycles. The summed E-state index contributed by atoms with van der Waals surface area (Å²) in [5.74, 6) is -3.01. The second-order valence-electron chi connectivity index (χ2n) is 14.0. The number of imide groups is 1. The van der Waals surface area contributed by atoms with Crippen LogP contribution in [0.15, 0.2) is 60.7 Å². The highest BCUT2D eigenvalue weighted by Crippen LogP contribution is 2.12. The molecule has 1 heterocycles. The molecule has 1 aliphatic heterocycles. The number of carbonyl (C=O) groups excluding carboxylic acids is 10. The molecular formula is C43H61N7O13. The predicted octanol–water partition coefficient (Wildman–Crippen LogP) is 2.67. The highest BCUT2D eigenvalue weighted by molar-refractivity contribution is 6.01. The minimum Gasteiger partial charge on any atom is -0.445 e. The lowest BCUT2D eigenvalue weighted by atomic mass is 10.0. The van der Waals surface area contributed by atoms with Crippen LogP contribution in [-0.2, 0) is 65.9 Å². The van der Waals surface area contributed by atoms with Gasteiger partial charge in [0.15, 0.2) is 11.6 Å². The molecule has 0 spiro atoms. The van der Waals surface area contributed by atoms with E-state index >= 15 is 0 Å². The Balaban J connectivity index is 0.000000507. The first kappa shape index (κ1) is 54.3. The molecule has 0 unspecified atom stereocenters. The van der Waals surface area contributed by atoms with Crippen LogP contribution >= 0.6 is 0 Å². The maximum atomic E-state index is 12.4. The van der Waals surface area contributed by atoms with E-state index in [2.05, 4.69) is 20.8 Å². The zero-order valence-electron chi connectivity index (χ0n) is 35.9. The van der Waals surface area contributed by atoms with Crippen molar-refractivity contribution in [1.29, 1.82) is 0 Å². The second-order valence-corrected chi connectivity index (χ2v) is 14.0. The summed E-state index contributed by atoms with van der Waals surface area (Å²) in [4.78, 5) is 119. The molecule has 63 heavy (non-hydrogen) atoms. The summed E-state index contributed by atoms with van der Waals surface area (Å²) in [6, 6.07) is 16.7. The molecule has 0 aromatic heterocycles. The molecule has 0 saturated carbocycles. The van der Waals surface area contributed by atoms with Crippen molar-refractivity contribution in [1.82, 2.24) is 21.0 Å². The predicted molar refractivity (Wildman–Crippen MR) is 227 cm³/mol. The number of rotatable bonds is 25. The van der Waals surface area contributed by atoms with E-state index < -0.39 is 53.9 Å². The number of nitrogens with zero attached hydrogens (tertiary/aromatic N) is 1. The Morgan fingerprint density at radius 2 is 1.10 bits per heavy atom. The highest BCUT2D eigenvalue weighted by Gasteiger charge is 2.32. The fourth-order valence-corrected chi connectivity index (χ4v) is 5.27. The Morgan fingerprint density at radius 3 is 1.49 bits per heavy atom. The number of carbonyl (C=O) groups is 10. The summed E-state index contributed by atoms with van der Waals surface area (Å²) in [5, 5.41) is 8.28. The third kappa shape index (κ3) is 25.6. The molecule has 1 aliphatic rings. The quantitative estimate of drug-likeness (QED) is 0.0617. The van der Waals surface area contributed by atoms with Gasteiger partial charge in [-0.3, -0.25) is 33.6 Å². The lowest BCUT2D eigenvalue weighted by Gasteiger charge is -2.17. The molecule has 346 valence electrons. The normalized spacial score (nSPS) is 12.5. The van der Waals surface area contributed by atoms with Gasteiger partial charge in [0, 0.05) is 57.9 Å². The standard InChI is InChI=1S/C20H29N3O5.C16H23N3O4.C7H9NO4/c1-2-7-19(26)22-13-6-10-17(24)16(11-12-18(21)25)23-20(27)28-14-15-8-4-3-5-9-15;17-10-4-7-14(20)13(8-9-15(18)21)19-16(22)23-11-12-5-2-1-3-6-12;1-2-7(11)12-8-5(9)3-4-6(8)10/h3-5,8-9,16H,2,6-7,10-14H2,1H3,(H2,21,25)(H,22,26)(H,23,27);1-3,5-6,13H,4,7-11,17H2,(H2,18,21)(H,19,22);2-4H2,1H3/t16-;13-;/m00./s1. The summed E-state index contributed by atoms with van der Waals surface area (Å²) in [6.45, 7) is 4.44. The van der Waals surface area contributed by atoms with E-state index in [-0.39, 0.29) is 88.5 Å². The fraction of sp³-hybridized carbons (Fsp3) is 0.488. The van der Waals surface area contributed by atoms with Gasteiger partial charge >= 0.3 is 18.2 Å². The largest absolute Gasteiger partial charge is 0.445 e. The number of hydrogen-bond donors (Lipinski definition) is 6. The van der Waals surface area contributed by atoms with E-state index in [9.17, 15) is 47.9 Å². The van der Waals surface area contributed by atoms with Gasteiger partial charge in [0.1, 0.15) is 13.2 Å². The Bertz CT molecular complexity index is 1780. The molecule has 2 aromatic rings. The lowest BCUT2D eigenvalue weighted by molar-refractivity contribution is -0.197. The van der Waals surface area contributed by atoms with Crippen LogP contribution in [0.5, 0.6) is 0 Å². The number of Topliss-reactive ketones (excluding diaryl/α,β-unsaturated/α-hetero) is 2. The van der Waals surface area contributed by atoms with Gasteiger partial charge in [0.2, 0.25) is 17.7 Å². The van der Waals surface area contributed by atoms with Crippen LogP contribution in [0.3, 0.4) is 0 Å². The first-order valence-electron chi connectivity index (χ1n) is 20.7. The summed E-state index contributed by atoms with van der Waals surface area (Å²) in [5.41, 5.74) is 17.3. The smallest absolute Gasteiger partial charge is 0.408 e. The Morgan fingerprint density at radius 1 is 0.651 bits per heavy atom. The van der Waals surface area contributed by atoms with Gasteiger partial charge in [-0.15, -0.1) is 5.06 Å². The molecule has 3 rings (SSSR count). The fourth-order valence-electron chi connectivity index (χ4n) is 5.27. The lowest BCUT2D eigenvalue weighted by Crippen LogP contribution is -2.42. The number of nitrogens with two attached hydrogens (primary N) is 3. The van der Waals surface area contributed by atoms with Gasteiger partial charge in [-0.1, -0.05) is 74.5 Å². The summed E-state index contributed by atoms with van der Waals surface area (Å²) in [7, 11) is 0. The summed E-state index contributed by atoms with van der Waals surface area (Å²) in [6.07, 6.45) is 1.80. The third-order valence-electron chi connectivity index (χ3n) is 8.66. The minimum absolute atomic E-state index is 0.0119. The molecule has 2 atom stereocenters. The number of amides is 7. The average molecular weight is 884 g/mol. The van der Waals surface area contributed by atoms with Crippen molar-refractivity contribution in [2.24, 2.45) is 17.2 Å². The molecule has 0 aliphatic carbocycles. The molecule has 1 fully saturated rings. The van der Waals surface area contributed by atoms with Crippen LogP contribution in [0.4, 0.5) is 9.59 Å². The van der Waals surface area contributed by atoms with Crippen LogP contribution in [-0.4, -0.2) is 89.5 Å². The number of primary amides is 2. The van der Waals surface area contributed by atoms with Crippen molar-refractivity contribution < 1.29 is 62.3 Å². The molecular weight excluding hydrogens is 823 g/mol. The maximum Gasteiger partial charge on any atom is 0.408 e. The first-order chi connectivity index (χ1) is 30.1. The molecule has 20 nitrogen and oxygen atoms in total. The van der Waals surface area contributed by atoms with Crippen LogP contribution in [0.1, 0.15) is 108 Å². The van der Waals surface area contributed by atoms with Crippen LogP contribution < -0.4 is 33.2 Å². The van der Waals surface area contributed by atoms with Crippen LogP contribution in [0, 0.1) is 0 Å². The topological polar surface area (TPSA) is 316 Å². The molecule has 9 N–H and O–H groups in total. The summed E-state index contributed by atoms with van der Waals surface area (Å²) >= 11 is 0. The van der Waals surface area contributed by atoms with E-state index in [1.807, 2.05) is 67.6 Å². The molecule has 1 saturated heterocycles. The van der Waals surface area contributed by atoms with E-state index in [0.29, 0.717) is 37.4 Å². The van der Waals surface area contributed by atoms with Crippen LogP contribution in [0.25, 0.3) is 0 Å². The Kier molecular flexibility index (Phi) is 27.7. The SMILES string of the molecule is CCC(=O)ON1C(=O)CCC1=O.CCCC(=O)NCCCC(=O)[C@H](CCC(N)=O)NC(=O)OCc1ccccc1.NCCCC(=O)[C@H](CCC(N)=O)NC(=O)OCc1ccccc1. The zero-order chi connectivity index (χ0) is 47.0. The van der Waals surface area contributed by atoms with Gasteiger partial charge in [-0.2, -0.15) is 0 Å². The van der Waals surface area contributed by atoms with Gasteiger partial charge in [-0.05, 0) is 49.8 Å². The van der Waals surface area contributed by atoms with Crippen molar-refractivity contribution in [2.75, 3.05) is 13.1 Å². The van der Waals surface area contributed by atoms with Crippen LogP contribution in [0.2, 0.25) is 0 Å². The number of benzene rings is 2. The van der Waals surface area contributed by atoms with Crippen molar-refractivity contribution in [2.45, 2.75) is 123 Å².